The summed E-state index contributed by atoms with van der Waals surface area (Å²) >= 11 is 5.17. The standard InChI is InChI=1S/C18H17N3O2S/c22-16(13-4-2-1-3-5-13)12-20-17(23)14-6-8-15(9-7-14)21-11-10-19-18(21)24/h1-11,16,22H,12H2,(H,19,24)(H,20,23)/t16-/m0/s1. The summed E-state index contributed by atoms with van der Waals surface area (Å²) in [6, 6.07) is 16.3. The van der Waals surface area contributed by atoms with Crippen LogP contribution in [0.3, 0.4) is 0 Å². The van der Waals surface area contributed by atoms with Crippen molar-refractivity contribution < 1.29 is 9.90 Å². The Balaban J connectivity index is 1.63. The van der Waals surface area contributed by atoms with Crippen LogP contribution in [0.15, 0.2) is 67.0 Å². The van der Waals surface area contributed by atoms with Crippen LogP contribution in [0.5, 0.6) is 0 Å². The molecule has 0 radical (unpaired) electrons. The van der Waals surface area contributed by atoms with Gasteiger partial charge in [0.1, 0.15) is 0 Å². The van der Waals surface area contributed by atoms with Crippen LogP contribution in [0.1, 0.15) is 22.0 Å². The van der Waals surface area contributed by atoms with Gasteiger partial charge in [0.2, 0.25) is 0 Å². The first-order valence-electron chi connectivity index (χ1n) is 7.53. The van der Waals surface area contributed by atoms with Crippen molar-refractivity contribution in [2.24, 2.45) is 0 Å². The van der Waals surface area contributed by atoms with E-state index in [0.29, 0.717) is 10.3 Å². The molecular formula is C18H17N3O2S. The van der Waals surface area contributed by atoms with Crippen LogP contribution in [-0.2, 0) is 0 Å². The predicted octanol–water partition coefficient (Wildman–Crippen LogP) is 3.00. The molecule has 0 fully saturated rings. The first-order chi connectivity index (χ1) is 11.6. The van der Waals surface area contributed by atoms with Crippen LogP contribution in [0, 0.1) is 4.77 Å². The van der Waals surface area contributed by atoms with Gasteiger partial charge in [0.05, 0.1) is 6.10 Å². The number of hydrogen-bond donors (Lipinski definition) is 3. The summed E-state index contributed by atoms with van der Waals surface area (Å²) < 4.78 is 2.41. The molecule has 1 atom stereocenters. The number of aliphatic hydroxyl groups excluding tert-OH is 1. The Morgan fingerprint density at radius 1 is 1.17 bits per heavy atom. The number of aromatic nitrogens is 2. The van der Waals surface area contributed by atoms with E-state index >= 15 is 0 Å². The average molecular weight is 339 g/mol. The summed E-state index contributed by atoms with van der Waals surface area (Å²) in [5.74, 6) is -0.228. The molecule has 2 aromatic carbocycles. The van der Waals surface area contributed by atoms with Crippen LogP contribution >= 0.6 is 12.2 Å². The van der Waals surface area contributed by atoms with Crippen molar-refractivity contribution in [2.75, 3.05) is 6.54 Å². The van der Waals surface area contributed by atoms with Crippen LogP contribution in [0.4, 0.5) is 0 Å². The van der Waals surface area contributed by atoms with Crippen LogP contribution in [0.25, 0.3) is 5.69 Å². The fourth-order valence-electron chi connectivity index (χ4n) is 2.38. The van der Waals surface area contributed by atoms with E-state index in [1.807, 2.05) is 53.2 Å². The minimum absolute atomic E-state index is 0.160. The van der Waals surface area contributed by atoms with Crippen molar-refractivity contribution >= 4 is 18.1 Å². The van der Waals surface area contributed by atoms with Crippen molar-refractivity contribution in [2.45, 2.75) is 6.10 Å². The average Bonchev–Trinajstić information content (AvgIpc) is 3.06. The van der Waals surface area contributed by atoms with Crippen LogP contribution < -0.4 is 5.32 Å². The van der Waals surface area contributed by atoms with Crippen molar-refractivity contribution in [3.8, 4) is 5.69 Å². The second-order valence-corrected chi connectivity index (χ2v) is 5.71. The number of carbonyl (C=O) groups is 1. The Labute approximate surface area is 144 Å². The molecule has 24 heavy (non-hydrogen) atoms. The predicted molar refractivity (Wildman–Crippen MR) is 94.7 cm³/mol. The highest BCUT2D eigenvalue weighted by atomic mass is 32.1. The van der Waals surface area contributed by atoms with E-state index in [0.717, 1.165) is 11.3 Å². The van der Waals surface area contributed by atoms with Gasteiger partial charge >= 0.3 is 0 Å². The third kappa shape index (κ3) is 3.61. The van der Waals surface area contributed by atoms with Crippen molar-refractivity contribution in [3.05, 3.63) is 82.9 Å². The Bertz CT molecular complexity index is 869. The molecule has 122 valence electrons. The Morgan fingerprint density at radius 2 is 1.88 bits per heavy atom. The van der Waals surface area contributed by atoms with E-state index in [2.05, 4.69) is 10.3 Å². The van der Waals surface area contributed by atoms with E-state index in [4.69, 9.17) is 12.2 Å². The summed E-state index contributed by atoms with van der Waals surface area (Å²) in [5, 5.41) is 12.8. The molecule has 1 heterocycles. The third-order valence-electron chi connectivity index (χ3n) is 3.70. The highest BCUT2D eigenvalue weighted by Crippen LogP contribution is 2.12. The number of aliphatic hydroxyl groups is 1. The van der Waals surface area contributed by atoms with Crippen LogP contribution in [-0.4, -0.2) is 27.1 Å². The molecule has 6 heteroatoms. The first-order valence-corrected chi connectivity index (χ1v) is 7.93. The highest BCUT2D eigenvalue weighted by Gasteiger charge is 2.10. The molecule has 3 rings (SSSR count). The fraction of sp³-hybridized carbons (Fsp3) is 0.111. The number of benzene rings is 2. The monoisotopic (exact) mass is 339 g/mol. The summed E-state index contributed by atoms with van der Waals surface area (Å²) in [7, 11) is 0. The zero-order chi connectivity index (χ0) is 16.9. The maximum absolute atomic E-state index is 12.2. The molecule has 0 aliphatic rings. The minimum atomic E-state index is -0.729. The van der Waals surface area contributed by atoms with Crippen molar-refractivity contribution in [1.29, 1.82) is 0 Å². The van der Waals surface area contributed by atoms with Crippen molar-refractivity contribution in [1.82, 2.24) is 14.9 Å². The van der Waals surface area contributed by atoms with Gasteiger partial charge in [-0.3, -0.25) is 9.36 Å². The second-order valence-electron chi connectivity index (χ2n) is 5.32. The van der Waals surface area contributed by atoms with Gasteiger partial charge in [-0.2, -0.15) is 0 Å². The van der Waals surface area contributed by atoms with Gasteiger partial charge < -0.3 is 15.4 Å². The molecule has 0 aliphatic heterocycles. The molecule has 0 aliphatic carbocycles. The maximum atomic E-state index is 12.2. The number of nitrogens with zero attached hydrogens (tertiary/aromatic N) is 1. The number of hydrogen-bond acceptors (Lipinski definition) is 3. The summed E-state index contributed by atoms with van der Waals surface area (Å²) in [5.41, 5.74) is 2.18. The lowest BCUT2D eigenvalue weighted by atomic mass is 10.1. The smallest absolute Gasteiger partial charge is 0.251 e. The largest absolute Gasteiger partial charge is 0.387 e. The number of carbonyl (C=O) groups excluding carboxylic acids is 1. The van der Waals surface area contributed by atoms with Crippen LogP contribution in [0.2, 0.25) is 0 Å². The zero-order valence-corrected chi connectivity index (χ0v) is 13.7. The fourth-order valence-corrected chi connectivity index (χ4v) is 2.62. The molecule has 0 saturated heterocycles. The molecule has 0 unspecified atom stereocenters. The maximum Gasteiger partial charge on any atom is 0.251 e. The van der Waals surface area contributed by atoms with Gasteiger partial charge in [-0.1, -0.05) is 30.3 Å². The van der Waals surface area contributed by atoms with E-state index in [1.54, 1.807) is 18.3 Å². The topological polar surface area (TPSA) is 70.0 Å². The summed E-state index contributed by atoms with van der Waals surface area (Å²) in [4.78, 5) is 15.1. The summed E-state index contributed by atoms with van der Waals surface area (Å²) in [6.45, 7) is 0.160. The number of imidazole rings is 1. The normalized spacial score (nSPS) is 11.9. The number of amides is 1. The molecule has 0 saturated carbocycles. The Kier molecular flexibility index (Phi) is 4.88. The first kappa shape index (κ1) is 16.2. The molecular weight excluding hydrogens is 322 g/mol. The highest BCUT2D eigenvalue weighted by molar-refractivity contribution is 7.71. The molecule has 3 aromatic rings. The van der Waals surface area contributed by atoms with Gasteiger partial charge in [0.15, 0.2) is 4.77 Å². The lowest BCUT2D eigenvalue weighted by molar-refractivity contribution is 0.0916. The molecule has 5 nitrogen and oxygen atoms in total. The Morgan fingerprint density at radius 3 is 2.50 bits per heavy atom. The Hall–Kier alpha value is -2.70. The van der Waals surface area contributed by atoms with E-state index in [-0.39, 0.29) is 12.5 Å². The molecule has 1 aromatic heterocycles. The molecule has 3 N–H and O–H groups in total. The number of rotatable bonds is 5. The molecule has 1 amide bonds. The number of aromatic amines is 1. The van der Waals surface area contributed by atoms with E-state index in [9.17, 15) is 9.90 Å². The summed E-state index contributed by atoms with van der Waals surface area (Å²) in [6.07, 6.45) is 2.86. The second kappa shape index (κ2) is 7.25. The van der Waals surface area contributed by atoms with Gasteiger partial charge in [-0.15, -0.1) is 0 Å². The van der Waals surface area contributed by atoms with Gasteiger partial charge in [0, 0.05) is 30.2 Å². The SMILES string of the molecule is O=C(NC[C@H](O)c1ccccc1)c1ccc(-n2cc[nH]c2=S)cc1. The molecule has 0 spiro atoms. The zero-order valence-electron chi connectivity index (χ0n) is 12.8. The number of nitrogens with one attached hydrogen (secondary N) is 2. The number of H-pyrrole nitrogens is 1. The minimum Gasteiger partial charge on any atom is -0.387 e. The third-order valence-corrected chi connectivity index (χ3v) is 4.01. The van der Waals surface area contributed by atoms with Gasteiger partial charge in [-0.25, -0.2) is 0 Å². The quantitative estimate of drug-likeness (QED) is 0.626. The van der Waals surface area contributed by atoms with Crippen molar-refractivity contribution in [3.63, 3.8) is 0 Å². The van der Waals surface area contributed by atoms with E-state index in [1.165, 1.54) is 0 Å². The van der Waals surface area contributed by atoms with E-state index < -0.39 is 6.10 Å². The van der Waals surface area contributed by atoms with Gasteiger partial charge in [0.25, 0.3) is 5.91 Å². The molecule has 0 bridgehead atoms. The van der Waals surface area contributed by atoms with Gasteiger partial charge in [-0.05, 0) is 42.0 Å². The lowest BCUT2D eigenvalue weighted by Crippen LogP contribution is -2.28. The lowest BCUT2D eigenvalue weighted by Gasteiger charge is -2.12.